The molecule has 0 aromatic rings. The van der Waals surface area contributed by atoms with Gasteiger partial charge in [-0.05, 0) is 32.1 Å². The van der Waals surface area contributed by atoms with Crippen LogP contribution < -0.4 is 5.32 Å². The number of nitrogens with one attached hydrogen (secondary N) is 1. The Bertz CT molecular complexity index is 348. The monoisotopic (exact) mass is 299 g/mol. The van der Waals surface area contributed by atoms with Crippen molar-refractivity contribution in [3.63, 3.8) is 0 Å². The normalized spacial score (nSPS) is 18.7. The van der Waals surface area contributed by atoms with E-state index in [1.807, 2.05) is 6.92 Å². The number of carbonyl (C=O) groups excluding carboxylic acids is 1. The van der Waals surface area contributed by atoms with Crippen molar-refractivity contribution in [1.82, 2.24) is 5.32 Å². The van der Waals surface area contributed by atoms with Crippen molar-refractivity contribution in [3.05, 3.63) is 0 Å². The van der Waals surface area contributed by atoms with Gasteiger partial charge in [-0.1, -0.05) is 26.7 Å². The molecule has 5 nitrogen and oxygen atoms in total. The summed E-state index contributed by atoms with van der Waals surface area (Å²) in [6, 6.07) is 0. The van der Waals surface area contributed by atoms with Gasteiger partial charge in [-0.15, -0.1) is 0 Å². The van der Waals surface area contributed by atoms with Crippen LogP contribution in [0.3, 0.4) is 0 Å². The molecule has 1 unspecified atom stereocenters. The van der Waals surface area contributed by atoms with Crippen molar-refractivity contribution < 1.29 is 19.4 Å². The molecule has 1 fully saturated rings. The Morgan fingerprint density at radius 2 is 1.86 bits per heavy atom. The van der Waals surface area contributed by atoms with Crippen LogP contribution in [0.4, 0.5) is 0 Å². The standard InChI is InChI=1S/C16H29NO4/c1-12(2)10-13(3)21-9-6-14(18)17-16(11-15(19)20)7-4-5-8-16/h12-13H,4-11H2,1-3H3,(H,17,18)(H,19,20). The molecule has 21 heavy (non-hydrogen) atoms. The van der Waals surface area contributed by atoms with Gasteiger partial charge < -0.3 is 15.2 Å². The van der Waals surface area contributed by atoms with E-state index in [9.17, 15) is 9.59 Å². The number of ether oxygens (including phenoxy) is 1. The summed E-state index contributed by atoms with van der Waals surface area (Å²) in [7, 11) is 0. The van der Waals surface area contributed by atoms with E-state index in [4.69, 9.17) is 9.84 Å². The molecule has 0 heterocycles. The van der Waals surface area contributed by atoms with E-state index in [0.717, 1.165) is 32.1 Å². The van der Waals surface area contributed by atoms with Crippen molar-refractivity contribution in [3.8, 4) is 0 Å². The molecule has 0 aromatic carbocycles. The summed E-state index contributed by atoms with van der Waals surface area (Å²) >= 11 is 0. The zero-order valence-electron chi connectivity index (χ0n) is 13.5. The summed E-state index contributed by atoms with van der Waals surface area (Å²) in [5, 5.41) is 11.9. The first-order chi connectivity index (χ1) is 9.83. The average molecular weight is 299 g/mol. The fourth-order valence-corrected chi connectivity index (χ4v) is 3.13. The van der Waals surface area contributed by atoms with Crippen LogP contribution in [0.2, 0.25) is 0 Å². The van der Waals surface area contributed by atoms with Crippen molar-refractivity contribution in [2.45, 2.75) is 77.4 Å². The lowest BCUT2D eigenvalue weighted by molar-refractivity contribution is -0.139. The number of amides is 1. The Balaban J connectivity index is 2.33. The Hall–Kier alpha value is -1.10. The molecule has 0 saturated heterocycles. The molecule has 5 heteroatoms. The Morgan fingerprint density at radius 1 is 1.24 bits per heavy atom. The maximum absolute atomic E-state index is 12.0. The lowest BCUT2D eigenvalue weighted by Crippen LogP contribution is -2.48. The fourth-order valence-electron chi connectivity index (χ4n) is 3.13. The maximum atomic E-state index is 12.0. The van der Waals surface area contributed by atoms with Gasteiger partial charge in [0.15, 0.2) is 0 Å². The summed E-state index contributed by atoms with van der Waals surface area (Å²) in [4.78, 5) is 23.0. The first kappa shape index (κ1) is 18.0. The van der Waals surface area contributed by atoms with E-state index < -0.39 is 11.5 Å². The highest BCUT2D eigenvalue weighted by molar-refractivity contribution is 5.78. The summed E-state index contributed by atoms with van der Waals surface area (Å²) in [5.41, 5.74) is -0.535. The van der Waals surface area contributed by atoms with Crippen LogP contribution in [0.25, 0.3) is 0 Å². The largest absolute Gasteiger partial charge is 0.481 e. The fraction of sp³-hybridized carbons (Fsp3) is 0.875. The lowest BCUT2D eigenvalue weighted by Gasteiger charge is -2.28. The summed E-state index contributed by atoms with van der Waals surface area (Å²) in [6.45, 7) is 6.69. The van der Waals surface area contributed by atoms with Gasteiger partial charge in [0.1, 0.15) is 0 Å². The molecule has 0 aromatic heterocycles. The van der Waals surface area contributed by atoms with Crippen molar-refractivity contribution in [2.75, 3.05) is 6.61 Å². The van der Waals surface area contributed by atoms with Crippen LogP contribution in [0.1, 0.15) is 65.7 Å². The predicted octanol–water partition coefficient (Wildman–Crippen LogP) is 2.73. The first-order valence-corrected chi connectivity index (χ1v) is 7.97. The maximum Gasteiger partial charge on any atom is 0.305 e. The minimum absolute atomic E-state index is 0.0172. The molecule has 1 aliphatic carbocycles. The molecule has 0 aliphatic heterocycles. The third-order valence-corrected chi connectivity index (χ3v) is 3.99. The van der Waals surface area contributed by atoms with Crippen LogP contribution in [0, 0.1) is 5.92 Å². The summed E-state index contributed by atoms with van der Waals surface area (Å²) in [5.74, 6) is -0.375. The highest BCUT2D eigenvalue weighted by Crippen LogP contribution is 2.32. The number of hydrogen-bond acceptors (Lipinski definition) is 3. The van der Waals surface area contributed by atoms with Gasteiger partial charge >= 0.3 is 5.97 Å². The van der Waals surface area contributed by atoms with Crippen molar-refractivity contribution in [1.29, 1.82) is 0 Å². The zero-order valence-corrected chi connectivity index (χ0v) is 13.5. The van der Waals surface area contributed by atoms with Crippen LogP contribution >= 0.6 is 0 Å². The highest BCUT2D eigenvalue weighted by Gasteiger charge is 2.37. The third kappa shape index (κ3) is 6.93. The average Bonchev–Trinajstić information content (AvgIpc) is 2.74. The molecule has 1 rings (SSSR count). The van der Waals surface area contributed by atoms with Gasteiger partial charge in [-0.2, -0.15) is 0 Å². The quantitative estimate of drug-likeness (QED) is 0.686. The highest BCUT2D eigenvalue weighted by atomic mass is 16.5. The molecule has 122 valence electrons. The molecular formula is C16H29NO4. The van der Waals surface area contributed by atoms with Gasteiger partial charge in [0.05, 0.1) is 24.7 Å². The minimum atomic E-state index is -0.848. The number of carbonyl (C=O) groups is 2. The SMILES string of the molecule is CC(C)CC(C)OCCC(=O)NC1(CC(=O)O)CCCC1. The van der Waals surface area contributed by atoms with E-state index in [0.29, 0.717) is 18.9 Å². The second kappa shape index (κ2) is 8.37. The predicted molar refractivity (Wildman–Crippen MR) is 81.1 cm³/mol. The number of carboxylic acid groups (broad SMARTS) is 1. The van der Waals surface area contributed by atoms with E-state index >= 15 is 0 Å². The molecule has 1 amide bonds. The Kier molecular flexibility index (Phi) is 7.15. The van der Waals surface area contributed by atoms with E-state index in [1.54, 1.807) is 0 Å². The van der Waals surface area contributed by atoms with Crippen LogP contribution in [-0.2, 0) is 14.3 Å². The van der Waals surface area contributed by atoms with E-state index in [2.05, 4.69) is 19.2 Å². The second-order valence-corrected chi connectivity index (χ2v) is 6.67. The van der Waals surface area contributed by atoms with Crippen molar-refractivity contribution in [2.24, 2.45) is 5.92 Å². The number of carboxylic acids is 1. The molecule has 1 atom stereocenters. The smallest absolute Gasteiger partial charge is 0.305 e. The van der Waals surface area contributed by atoms with Crippen LogP contribution in [0.5, 0.6) is 0 Å². The van der Waals surface area contributed by atoms with Gasteiger partial charge in [0.2, 0.25) is 5.91 Å². The van der Waals surface area contributed by atoms with Gasteiger partial charge in [-0.25, -0.2) is 0 Å². The Labute approximate surface area is 127 Å². The van der Waals surface area contributed by atoms with E-state index in [-0.39, 0.29) is 18.4 Å². The first-order valence-electron chi connectivity index (χ1n) is 7.97. The number of hydrogen-bond donors (Lipinski definition) is 2. The van der Waals surface area contributed by atoms with E-state index in [1.165, 1.54) is 0 Å². The van der Waals surface area contributed by atoms with Crippen molar-refractivity contribution >= 4 is 11.9 Å². The summed E-state index contributed by atoms with van der Waals surface area (Å²) < 4.78 is 5.62. The molecule has 1 saturated carbocycles. The molecular weight excluding hydrogens is 270 g/mol. The lowest BCUT2D eigenvalue weighted by atomic mass is 9.93. The van der Waals surface area contributed by atoms with Gasteiger partial charge in [0.25, 0.3) is 0 Å². The summed E-state index contributed by atoms with van der Waals surface area (Å²) in [6.07, 6.45) is 4.92. The topological polar surface area (TPSA) is 75.6 Å². The van der Waals surface area contributed by atoms with Crippen LogP contribution in [-0.4, -0.2) is 35.2 Å². The van der Waals surface area contributed by atoms with Gasteiger partial charge in [0, 0.05) is 6.42 Å². The number of aliphatic carboxylic acids is 1. The number of rotatable bonds is 9. The van der Waals surface area contributed by atoms with Gasteiger partial charge in [-0.3, -0.25) is 9.59 Å². The second-order valence-electron chi connectivity index (χ2n) is 6.67. The third-order valence-electron chi connectivity index (χ3n) is 3.99. The molecule has 0 spiro atoms. The van der Waals surface area contributed by atoms with Crippen LogP contribution in [0.15, 0.2) is 0 Å². The minimum Gasteiger partial charge on any atom is -0.481 e. The Morgan fingerprint density at radius 3 is 2.38 bits per heavy atom. The molecule has 0 radical (unpaired) electrons. The molecule has 0 bridgehead atoms. The zero-order chi connectivity index (χ0) is 15.9. The molecule has 2 N–H and O–H groups in total. The molecule has 1 aliphatic rings.